The van der Waals surface area contributed by atoms with Crippen molar-refractivity contribution in [1.82, 2.24) is 18.9 Å². The third kappa shape index (κ3) is 5.49. The van der Waals surface area contributed by atoms with E-state index in [1.54, 1.807) is 23.6 Å². The number of carbonyl (C=O) groups is 2. The molecule has 0 radical (unpaired) electrons. The van der Waals surface area contributed by atoms with Crippen LogP contribution < -0.4 is 10.4 Å². The number of aromatic nitrogens is 2. The van der Waals surface area contributed by atoms with Gasteiger partial charge in [0.25, 0.3) is 0 Å². The quantitative estimate of drug-likeness (QED) is 0.662. The molecular formula is C26H38N4O5. The predicted molar refractivity (Wildman–Crippen MR) is 134 cm³/mol. The van der Waals surface area contributed by atoms with E-state index in [-0.39, 0.29) is 23.6 Å². The molecular weight excluding hydrogens is 448 g/mol. The highest BCUT2D eigenvalue weighted by atomic mass is 16.6. The maximum absolute atomic E-state index is 13.1. The van der Waals surface area contributed by atoms with Crippen molar-refractivity contribution in [2.24, 2.45) is 18.9 Å². The molecule has 4 rings (SSSR count). The number of carbonyl (C=O) groups excluding carboxylic acids is 2. The zero-order chi connectivity index (χ0) is 25.3. The number of benzene rings is 1. The molecule has 9 heteroatoms. The maximum atomic E-state index is 13.1. The maximum Gasteiger partial charge on any atom is 0.410 e. The molecule has 0 atom stereocenters. The van der Waals surface area contributed by atoms with Gasteiger partial charge in [0, 0.05) is 51.8 Å². The van der Waals surface area contributed by atoms with Crippen molar-refractivity contribution in [2.45, 2.75) is 58.6 Å². The summed E-state index contributed by atoms with van der Waals surface area (Å²) in [6.07, 6.45) is 3.19. The van der Waals surface area contributed by atoms with Gasteiger partial charge in [-0.05, 0) is 64.5 Å². The largest absolute Gasteiger partial charge is 0.497 e. The van der Waals surface area contributed by atoms with Gasteiger partial charge in [0.2, 0.25) is 5.91 Å². The summed E-state index contributed by atoms with van der Waals surface area (Å²) in [6, 6.07) is 5.71. The monoisotopic (exact) mass is 486 g/mol. The summed E-state index contributed by atoms with van der Waals surface area (Å²) in [7, 11) is 3.42. The average molecular weight is 487 g/mol. The van der Waals surface area contributed by atoms with Gasteiger partial charge >= 0.3 is 11.8 Å². The molecule has 1 saturated carbocycles. The van der Waals surface area contributed by atoms with Crippen LogP contribution in [0.3, 0.4) is 0 Å². The Balaban J connectivity index is 1.31. The fraction of sp³-hybridized carbons (Fsp3) is 0.654. The zero-order valence-corrected chi connectivity index (χ0v) is 21.6. The smallest absolute Gasteiger partial charge is 0.410 e. The first-order valence-electron chi connectivity index (χ1n) is 12.6. The molecule has 1 aliphatic carbocycles. The SMILES string of the molecule is COc1ccc2c(c1)n(CC1CCC(C(=O)N3CCN(C(=O)OC(C)(C)C)CC3)CC1)c(=O)n2C. The van der Waals surface area contributed by atoms with Crippen LogP contribution in [0.1, 0.15) is 46.5 Å². The lowest BCUT2D eigenvalue weighted by molar-refractivity contribution is -0.138. The van der Waals surface area contributed by atoms with Crippen LogP contribution in [0.4, 0.5) is 4.79 Å². The van der Waals surface area contributed by atoms with Gasteiger partial charge < -0.3 is 19.3 Å². The minimum atomic E-state index is -0.522. The highest BCUT2D eigenvalue weighted by Gasteiger charge is 2.33. The van der Waals surface area contributed by atoms with E-state index < -0.39 is 5.60 Å². The second-order valence-corrected chi connectivity index (χ2v) is 10.8. The number of methoxy groups -OCH3 is 1. The van der Waals surface area contributed by atoms with Crippen molar-refractivity contribution in [3.63, 3.8) is 0 Å². The highest BCUT2D eigenvalue weighted by Crippen LogP contribution is 2.32. The van der Waals surface area contributed by atoms with E-state index in [4.69, 9.17) is 9.47 Å². The molecule has 1 saturated heterocycles. The molecule has 1 aromatic heterocycles. The average Bonchev–Trinajstić information content (AvgIpc) is 3.07. The van der Waals surface area contributed by atoms with E-state index in [1.165, 1.54) is 0 Å². The molecule has 0 N–H and O–H groups in total. The van der Waals surface area contributed by atoms with E-state index in [0.717, 1.165) is 42.5 Å². The van der Waals surface area contributed by atoms with Gasteiger partial charge in [-0.25, -0.2) is 9.59 Å². The van der Waals surface area contributed by atoms with Gasteiger partial charge in [0.05, 0.1) is 18.1 Å². The van der Waals surface area contributed by atoms with Gasteiger partial charge in [-0.2, -0.15) is 0 Å². The first kappa shape index (κ1) is 25.1. The Hall–Kier alpha value is -2.97. The molecule has 0 spiro atoms. The van der Waals surface area contributed by atoms with E-state index in [2.05, 4.69) is 0 Å². The number of hydrogen-bond donors (Lipinski definition) is 0. The topological polar surface area (TPSA) is 86.0 Å². The Morgan fingerprint density at radius 1 is 0.971 bits per heavy atom. The van der Waals surface area contributed by atoms with Crippen LogP contribution in [0.15, 0.2) is 23.0 Å². The number of aryl methyl sites for hydroxylation is 1. The standard InChI is InChI=1S/C26H38N4O5/c1-26(2,3)35-25(33)29-14-12-28(13-15-29)23(31)19-8-6-18(7-9-19)17-30-22-16-20(34-5)10-11-21(22)27(4)24(30)32/h10-11,16,18-19H,6-9,12-15,17H2,1-5H3. The molecule has 2 heterocycles. The van der Waals surface area contributed by atoms with Gasteiger partial charge in [0.1, 0.15) is 11.4 Å². The van der Waals surface area contributed by atoms with Crippen LogP contribution in [0.25, 0.3) is 11.0 Å². The minimum Gasteiger partial charge on any atom is -0.497 e. The fourth-order valence-corrected chi connectivity index (χ4v) is 5.24. The van der Waals surface area contributed by atoms with Gasteiger partial charge in [-0.3, -0.25) is 13.9 Å². The van der Waals surface area contributed by atoms with Crippen LogP contribution >= 0.6 is 0 Å². The molecule has 2 aromatic rings. The number of fused-ring (bicyclic) bond motifs is 1. The van der Waals surface area contributed by atoms with Gasteiger partial charge in [0.15, 0.2) is 0 Å². The second-order valence-electron chi connectivity index (χ2n) is 10.8. The third-order valence-corrected chi connectivity index (χ3v) is 7.23. The van der Waals surface area contributed by atoms with Crippen LogP contribution in [-0.4, -0.2) is 69.8 Å². The van der Waals surface area contributed by atoms with E-state index >= 15 is 0 Å². The van der Waals surface area contributed by atoms with Crippen molar-refractivity contribution in [1.29, 1.82) is 0 Å². The molecule has 1 aliphatic heterocycles. The normalized spacial score (nSPS) is 21.3. The molecule has 2 aliphatic rings. The van der Waals surface area contributed by atoms with Gasteiger partial charge in [-0.1, -0.05) is 0 Å². The van der Waals surface area contributed by atoms with Crippen molar-refractivity contribution < 1.29 is 19.1 Å². The Morgan fingerprint density at radius 2 is 1.60 bits per heavy atom. The molecule has 0 bridgehead atoms. The summed E-state index contributed by atoms with van der Waals surface area (Å²) in [5.41, 5.74) is 1.24. The Morgan fingerprint density at radius 3 is 2.20 bits per heavy atom. The fourth-order valence-electron chi connectivity index (χ4n) is 5.24. The Kier molecular flexibility index (Phi) is 7.15. The summed E-state index contributed by atoms with van der Waals surface area (Å²) in [5.74, 6) is 1.30. The minimum absolute atomic E-state index is 0.0173. The van der Waals surface area contributed by atoms with Crippen molar-refractivity contribution in [3.05, 3.63) is 28.7 Å². The van der Waals surface area contributed by atoms with Crippen LogP contribution in [0.5, 0.6) is 5.75 Å². The Bertz CT molecular complexity index is 1130. The third-order valence-electron chi connectivity index (χ3n) is 7.23. The van der Waals surface area contributed by atoms with Crippen LogP contribution in [0, 0.1) is 11.8 Å². The summed E-state index contributed by atoms with van der Waals surface area (Å²) in [5, 5.41) is 0. The molecule has 0 unspecified atom stereocenters. The lowest BCUT2D eigenvalue weighted by atomic mass is 9.81. The van der Waals surface area contributed by atoms with Crippen LogP contribution in [0.2, 0.25) is 0 Å². The number of rotatable bonds is 4. The molecule has 1 aromatic carbocycles. The molecule has 2 amide bonds. The molecule has 9 nitrogen and oxygen atoms in total. The van der Waals surface area contributed by atoms with Crippen LogP contribution in [-0.2, 0) is 23.1 Å². The van der Waals surface area contributed by atoms with Gasteiger partial charge in [-0.15, -0.1) is 0 Å². The molecule has 35 heavy (non-hydrogen) atoms. The first-order chi connectivity index (χ1) is 16.6. The summed E-state index contributed by atoms with van der Waals surface area (Å²) < 4.78 is 14.3. The summed E-state index contributed by atoms with van der Waals surface area (Å²) in [6.45, 7) is 8.32. The molecule has 192 valence electrons. The zero-order valence-electron chi connectivity index (χ0n) is 21.6. The number of ether oxygens (including phenoxy) is 2. The summed E-state index contributed by atoms with van der Waals surface area (Å²) in [4.78, 5) is 41.9. The lowest BCUT2D eigenvalue weighted by Crippen LogP contribution is -2.53. The summed E-state index contributed by atoms with van der Waals surface area (Å²) >= 11 is 0. The predicted octanol–water partition coefficient (Wildman–Crippen LogP) is 3.23. The number of nitrogens with zero attached hydrogens (tertiary/aromatic N) is 4. The molecule has 2 fully saturated rings. The number of hydrogen-bond acceptors (Lipinski definition) is 5. The highest BCUT2D eigenvalue weighted by molar-refractivity contribution is 5.79. The second kappa shape index (κ2) is 9.95. The first-order valence-corrected chi connectivity index (χ1v) is 12.6. The number of amides is 2. The number of imidazole rings is 1. The van der Waals surface area contributed by atoms with Crippen molar-refractivity contribution >= 4 is 23.0 Å². The Labute approximate surface area is 206 Å². The van der Waals surface area contributed by atoms with E-state index in [1.807, 2.05) is 48.4 Å². The lowest BCUT2D eigenvalue weighted by Gasteiger charge is -2.38. The number of piperazine rings is 1. The van der Waals surface area contributed by atoms with E-state index in [0.29, 0.717) is 38.6 Å². The van der Waals surface area contributed by atoms with Crippen molar-refractivity contribution in [3.8, 4) is 5.75 Å². The van der Waals surface area contributed by atoms with E-state index in [9.17, 15) is 14.4 Å². The van der Waals surface area contributed by atoms with Crippen molar-refractivity contribution in [2.75, 3.05) is 33.3 Å².